The number of ether oxygens (including phenoxy) is 1. The number of carbonyl (C=O) groups is 1. The number of nitrogens with two attached hydrogens (primary N) is 1. The van der Waals surface area contributed by atoms with E-state index < -0.39 is 0 Å². The monoisotopic (exact) mass is 286 g/mol. The number of hydrogen-bond donors (Lipinski definition) is 2. The molecule has 0 fully saturated rings. The average molecular weight is 287 g/mol. The van der Waals surface area contributed by atoms with Gasteiger partial charge in [0.2, 0.25) is 5.91 Å². The first-order chi connectivity index (χ1) is 8.68. The van der Waals surface area contributed by atoms with Gasteiger partial charge < -0.3 is 15.8 Å². The maximum Gasteiger partial charge on any atom is 0.222 e. The van der Waals surface area contributed by atoms with E-state index in [1.165, 1.54) is 0 Å². The van der Waals surface area contributed by atoms with E-state index in [1.807, 2.05) is 37.3 Å². The molecular formula is C14H23ClN2O2. The highest BCUT2D eigenvalue weighted by atomic mass is 35.5. The third kappa shape index (κ3) is 9.47. The summed E-state index contributed by atoms with van der Waals surface area (Å²) in [5.74, 6) is 0.0173. The van der Waals surface area contributed by atoms with Crippen molar-refractivity contribution in [3.63, 3.8) is 0 Å². The van der Waals surface area contributed by atoms with Crippen LogP contribution in [-0.4, -0.2) is 25.1 Å². The Morgan fingerprint density at radius 3 is 2.68 bits per heavy atom. The maximum absolute atomic E-state index is 11.4. The fourth-order valence-corrected chi connectivity index (χ4v) is 1.46. The summed E-state index contributed by atoms with van der Waals surface area (Å²) in [6.45, 7) is 3.55. The third-order valence-corrected chi connectivity index (χ3v) is 2.51. The van der Waals surface area contributed by atoms with Crippen molar-refractivity contribution in [2.75, 3.05) is 13.2 Å². The van der Waals surface area contributed by atoms with Gasteiger partial charge in [0.25, 0.3) is 0 Å². The molecule has 1 aromatic rings. The van der Waals surface area contributed by atoms with Gasteiger partial charge in [-0.05, 0) is 18.9 Å². The molecule has 1 atom stereocenters. The van der Waals surface area contributed by atoms with Crippen molar-refractivity contribution in [1.29, 1.82) is 0 Å². The summed E-state index contributed by atoms with van der Waals surface area (Å²) in [6, 6.07) is 10.0. The molecule has 0 spiro atoms. The van der Waals surface area contributed by atoms with Gasteiger partial charge in [-0.25, -0.2) is 0 Å². The topological polar surface area (TPSA) is 64.3 Å². The normalized spacial score (nSPS) is 11.5. The summed E-state index contributed by atoms with van der Waals surface area (Å²) in [5, 5.41) is 2.81. The first-order valence-electron chi connectivity index (χ1n) is 6.32. The summed E-state index contributed by atoms with van der Waals surface area (Å²) >= 11 is 0. The van der Waals surface area contributed by atoms with Crippen LogP contribution in [0.2, 0.25) is 0 Å². The lowest BCUT2D eigenvalue weighted by Gasteiger charge is -2.07. The van der Waals surface area contributed by atoms with Crippen LogP contribution in [0.1, 0.15) is 25.3 Å². The Labute approximate surface area is 121 Å². The third-order valence-electron chi connectivity index (χ3n) is 2.51. The Morgan fingerprint density at radius 1 is 1.37 bits per heavy atom. The predicted octanol–water partition coefficient (Wildman–Crippen LogP) is 1.87. The highest BCUT2D eigenvalue weighted by Gasteiger charge is 2.01. The second-order valence-electron chi connectivity index (χ2n) is 4.40. The first kappa shape index (κ1) is 17.9. The van der Waals surface area contributed by atoms with Crippen LogP contribution in [-0.2, 0) is 16.1 Å². The molecule has 0 aliphatic rings. The molecule has 5 heteroatoms. The Morgan fingerprint density at radius 2 is 2.05 bits per heavy atom. The smallest absolute Gasteiger partial charge is 0.222 e. The molecule has 0 bridgehead atoms. The number of carbonyl (C=O) groups excluding carboxylic acids is 1. The van der Waals surface area contributed by atoms with Crippen LogP contribution < -0.4 is 11.1 Å². The molecule has 0 heterocycles. The van der Waals surface area contributed by atoms with Crippen LogP contribution in [0.25, 0.3) is 0 Å². The van der Waals surface area contributed by atoms with Crippen LogP contribution in [0.4, 0.5) is 0 Å². The van der Waals surface area contributed by atoms with Gasteiger partial charge >= 0.3 is 0 Å². The highest BCUT2D eigenvalue weighted by molar-refractivity contribution is 5.85. The van der Waals surface area contributed by atoms with Crippen molar-refractivity contribution in [3.8, 4) is 0 Å². The minimum absolute atomic E-state index is 0. The number of hydrogen-bond acceptors (Lipinski definition) is 3. The Balaban J connectivity index is 0.00000324. The van der Waals surface area contributed by atoms with Crippen LogP contribution in [0.3, 0.4) is 0 Å². The lowest BCUT2D eigenvalue weighted by molar-refractivity contribution is -0.122. The molecule has 1 rings (SSSR count). The quantitative estimate of drug-likeness (QED) is 0.717. The molecule has 108 valence electrons. The zero-order valence-electron chi connectivity index (χ0n) is 11.3. The van der Waals surface area contributed by atoms with Crippen molar-refractivity contribution in [3.05, 3.63) is 35.9 Å². The Kier molecular flexibility index (Phi) is 10.2. The fourth-order valence-electron chi connectivity index (χ4n) is 1.46. The van der Waals surface area contributed by atoms with Crippen LogP contribution >= 0.6 is 12.4 Å². The Bertz CT molecular complexity index is 345. The Hall–Kier alpha value is -1.10. The zero-order chi connectivity index (χ0) is 13.2. The molecule has 0 saturated heterocycles. The molecule has 0 aliphatic heterocycles. The van der Waals surface area contributed by atoms with E-state index in [9.17, 15) is 4.79 Å². The highest BCUT2D eigenvalue weighted by Crippen LogP contribution is 2.00. The summed E-state index contributed by atoms with van der Waals surface area (Å²) in [5.41, 5.74) is 6.71. The maximum atomic E-state index is 11.4. The second kappa shape index (κ2) is 10.8. The molecule has 0 aliphatic carbocycles. The van der Waals surface area contributed by atoms with Gasteiger partial charge in [0.15, 0.2) is 0 Å². The van der Waals surface area contributed by atoms with Gasteiger partial charge in [-0.2, -0.15) is 0 Å². The van der Waals surface area contributed by atoms with Crippen LogP contribution in [0.5, 0.6) is 0 Å². The van der Waals surface area contributed by atoms with Gasteiger partial charge in [0, 0.05) is 19.0 Å². The van der Waals surface area contributed by atoms with Crippen LogP contribution in [0.15, 0.2) is 30.3 Å². The van der Waals surface area contributed by atoms with E-state index in [0.29, 0.717) is 26.2 Å². The van der Waals surface area contributed by atoms with Crippen LogP contribution in [0, 0.1) is 0 Å². The van der Waals surface area contributed by atoms with Gasteiger partial charge in [-0.15, -0.1) is 12.4 Å². The summed E-state index contributed by atoms with van der Waals surface area (Å²) < 4.78 is 5.43. The molecule has 0 radical (unpaired) electrons. The SMILES string of the molecule is CC(N)CCNC(=O)CCOCc1ccccc1.Cl. The second-order valence-corrected chi connectivity index (χ2v) is 4.40. The summed E-state index contributed by atoms with van der Waals surface area (Å²) in [4.78, 5) is 11.4. The standard InChI is InChI=1S/C14H22N2O2.ClH/c1-12(15)7-9-16-14(17)8-10-18-11-13-5-3-2-4-6-13;/h2-6,12H,7-11,15H2,1H3,(H,16,17);1H. The van der Waals surface area contributed by atoms with Gasteiger partial charge in [-0.3, -0.25) is 4.79 Å². The zero-order valence-corrected chi connectivity index (χ0v) is 12.1. The minimum atomic E-state index is 0. The van der Waals surface area contributed by atoms with Crippen molar-refractivity contribution in [2.45, 2.75) is 32.4 Å². The number of benzene rings is 1. The van der Waals surface area contributed by atoms with E-state index in [2.05, 4.69) is 5.32 Å². The molecular weight excluding hydrogens is 264 g/mol. The van der Waals surface area contributed by atoms with E-state index in [-0.39, 0.29) is 24.4 Å². The van der Waals surface area contributed by atoms with E-state index >= 15 is 0 Å². The van der Waals surface area contributed by atoms with Crippen molar-refractivity contribution in [2.24, 2.45) is 5.73 Å². The molecule has 19 heavy (non-hydrogen) atoms. The lowest BCUT2D eigenvalue weighted by Crippen LogP contribution is -2.29. The fraction of sp³-hybridized carbons (Fsp3) is 0.500. The minimum Gasteiger partial charge on any atom is -0.376 e. The molecule has 1 unspecified atom stereocenters. The van der Waals surface area contributed by atoms with Gasteiger partial charge in [0.05, 0.1) is 13.2 Å². The average Bonchev–Trinajstić information content (AvgIpc) is 2.35. The van der Waals surface area contributed by atoms with Gasteiger partial charge in [-0.1, -0.05) is 30.3 Å². The number of rotatable bonds is 8. The van der Waals surface area contributed by atoms with Crippen molar-refractivity contribution >= 4 is 18.3 Å². The van der Waals surface area contributed by atoms with Crippen molar-refractivity contribution in [1.82, 2.24) is 5.32 Å². The number of nitrogens with one attached hydrogen (secondary N) is 1. The predicted molar refractivity (Wildman–Crippen MR) is 79.2 cm³/mol. The summed E-state index contributed by atoms with van der Waals surface area (Å²) in [6.07, 6.45) is 1.20. The largest absolute Gasteiger partial charge is 0.376 e. The van der Waals surface area contributed by atoms with E-state index in [4.69, 9.17) is 10.5 Å². The summed E-state index contributed by atoms with van der Waals surface area (Å²) in [7, 11) is 0. The molecule has 0 aromatic heterocycles. The van der Waals surface area contributed by atoms with Crippen molar-refractivity contribution < 1.29 is 9.53 Å². The molecule has 4 nitrogen and oxygen atoms in total. The molecule has 3 N–H and O–H groups in total. The first-order valence-corrected chi connectivity index (χ1v) is 6.32. The number of amides is 1. The lowest BCUT2D eigenvalue weighted by atomic mass is 10.2. The van der Waals surface area contributed by atoms with Gasteiger partial charge in [0.1, 0.15) is 0 Å². The molecule has 1 aromatic carbocycles. The van der Waals surface area contributed by atoms with E-state index in [0.717, 1.165) is 12.0 Å². The van der Waals surface area contributed by atoms with E-state index in [1.54, 1.807) is 0 Å². The molecule has 0 saturated carbocycles. The molecule has 1 amide bonds. The number of halogens is 1.